The molecule has 4 N–H and O–H groups in total. The summed E-state index contributed by atoms with van der Waals surface area (Å²) in [5, 5.41) is 26.3. The summed E-state index contributed by atoms with van der Waals surface area (Å²) in [6, 6.07) is 3.06. The normalized spacial score (nSPS) is 15.1. The van der Waals surface area contributed by atoms with Gasteiger partial charge in [-0.3, -0.25) is 0 Å². The van der Waals surface area contributed by atoms with E-state index in [1.165, 1.54) is 12.1 Å². The summed E-state index contributed by atoms with van der Waals surface area (Å²) in [5.41, 5.74) is 5.65. The number of aromatic nitrogens is 2. The molecule has 2 atom stereocenters. The Balaban J connectivity index is 2.68. The van der Waals surface area contributed by atoms with Gasteiger partial charge >= 0.3 is 0 Å². The molecule has 1 heterocycles. The van der Waals surface area contributed by atoms with Gasteiger partial charge in [0.1, 0.15) is 11.9 Å². The number of aliphatic hydroxyl groups excluding tert-OH is 2. The average Bonchev–Trinajstić information content (AvgIpc) is 2.18. The van der Waals surface area contributed by atoms with Crippen LogP contribution in [0, 0.1) is 0 Å². The molecule has 1 aromatic rings. The molecule has 0 bridgehead atoms. The maximum Gasteiger partial charge on any atom is 0.146 e. The summed E-state index contributed by atoms with van der Waals surface area (Å²) >= 11 is 3.96. The molecule has 0 saturated heterocycles. The lowest BCUT2D eigenvalue weighted by Gasteiger charge is -2.15. The molecule has 78 valence electrons. The quantitative estimate of drug-likeness (QED) is 0.521. The maximum absolute atomic E-state index is 9.58. The monoisotopic (exact) mass is 215 g/mol. The summed E-state index contributed by atoms with van der Waals surface area (Å²) in [7, 11) is 0. The van der Waals surface area contributed by atoms with Crippen LogP contribution in [-0.4, -0.2) is 32.3 Å². The Morgan fingerprint density at radius 3 is 2.57 bits per heavy atom. The minimum atomic E-state index is -1.03. The van der Waals surface area contributed by atoms with Gasteiger partial charge in [-0.15, -0.1) is 5.10 Å². The fourth-order valence-electron chi connectivity index (χ4n) is 0.998. The third-order valence-electron chi connectivity index (χ3n) is 1.80. The van der Waals surface area contributed by atoms with Crippen molar-refractivity contribution >= 4 is 18.4 Å². The highest BCUT2D eigenvalue weighted by Crippen LogP contribution is 2.16. The first kappa shape index (κ1) is 11.2. The van der Waals surface area contributed by atoms with E-state index in [0.29, 0.717) is 17.9 Å². The van der Waals surface area contributed by atoms with Gasteiger partial charge in [0.15, 0.2) is 0 Å². The van der Waals surface area contributed by atoms with Crippen molar-refractivity contribution in [1.82, 2.24) is 10.2 Å². The Labute approximate surface area is 87.4 Å². The predicted octanol–water partition coefficient (Wildman–Crippen LogP) is -0.227. The molecule has 0 aliphatic heterocycles. The molecule has 14 heavy (non-hydrogen) atoms. The first-order chi connectivity index (χ1) is 6.65. The number of nitrogens with zero attached hydrogens (tertiary/aromatic N) is 2. The second kappa shape index (κ2) is 5.14. The van der Waals surface area contributed by atoms with E-state index in [1.807, 2.05) is 0 Å². The second-order valence-electron chi connectivity index (χ2n) is 2.91. The number of aliphatic hydroxyl groups is 2. The van der Waals surface area contributed by atoms with Gasteiger partial charge in [-0.05, 0) is 24.3 Å². The van der Waals surface area contributed by atoms with Crippen LogP contribution in [0.5, 0.6) is 0 Å². The minimum Gasteiger partial charge on any atom is -0.390 e. The van der Waals surface area contributed by atoms with Crippen LogP contribution < -0.4 is 5.73 Å². The molecule has 1 aromatic heterocycles. The third kappa shape index (κ3) is 2.83. The van der Waals surface area contributed by atoms with Crippen LogP contribution in [0.4, 0.5) is 5.82 Å². The van der Waals surface area contributed by atoms with Gasteiger partial charge in [0, 0.05) is 0 Å². The smallest absolute Gasteiger partial charge is 0.146 e. The number of nitrogens with two attached hydrogens (primary N) is 1. The van der Waals surface area contributed by atoms with Crippen LogP contribution in [0.25, 0.3) is 0 Å². The molecule has 0 aromatic carbocycles. The van der Waals surface area contributed by atoms with Crippen LogP contribution in [0.15, 0.2) is 12.1 Å². The number of nitrogen functional groups attached to an aromatic ring is 1. The summed E-state index contributed by atoms with van der Waals surface area (Å²) < 4.78 is 0. The second-order valence-corrected chi connectivity index (χ2v) is 3.35. The molecule has 6 heteroatoms. The maximum atomic E-state index is 9.58. The zero-order valence-corrected chi connectivity index (χ0v) is 8.43. The van der Waals surface area contributed by atoms with Crippen molar-refractivity contribution in [2.75, 3.05) is 11.5 Å². The van der Waals surface area contributed by atoms with E-state index in [4.69, 9.17) is 5.73 Å². The molecule has 0 amide bonds. The fraction of sp³-hybridized carbons (Fsp3) is 0.500. The number of hydrogen-bond donors (Lipinski definition) is 4. The predicted molar refractivity (Wildman–Crippen MR) is 55.9 cm³/mol. The topological polar surface area (TPSA) is 92.3 Å². The van der Waals surface area contributed by atoms with Crippen molar-refractivity contribution in [2.24, 2.45) is 0 Å². The van der Waals surface area contributed by atoms with E-state index >= 15 is 0 Å². The Bertz CT molecular complexity index is 280. The summed E-state index contributed by atoms with van der Waals surface area (Å²) in [6.07, 6.45) is -1.50. The van der Waals surface area contributed by atoms with Gasteiger partial charge in [0.2, 0.25) is 0 Å². The number of thiol groups is 1. The van der Waals surface area contributed by atoms with Gasteiger partial charge in [-0.1, -0.05) is 0 Å². The van der Waals surface area contributed by atoms with E-state index in [-0.39, 0.29) is 5.82 Å². The summed E-state index contributed by atoms with van der Waals surface area (Å²) in [5.74, 6) is 0.783. The first-order valence-corrected chi connectivity index (χ1v) is 4.84. The Morgan fingerprint density at radius 1 is 1.36 bits per heavy atom. The van der Waals surface area contributed by atoms with Crippen LogP contribution in [0.2, 0.25) is 0 Å². The average molecular weight is 215 g/mol. The Hall–Kier alpha value is -0.850. The van der Waals surface area contributed by atoms with Crippen LogP contribution in [0.1, 0.15) is 18.2 Å². The van der Waals surface area contributed by atoms with Gasteiger partial charge in [-0.2, -0.15) is 17.7 Å². The third-order valence-corrected chi connectivity index (χ3v) is 2.06. The molecule has 1 rings (SSSR count). The molecule has 0 spiro atoms. The van der Waals surface area contributed by atoms with Crippen molar-refractivity contribution in [3.05, 3.63) is 17.8 Å². The van der Waals surface area contributed by atoms with E-state index in [1.54, 1.807) is 0 Å². The van der Waals surface area contributed by atoms with E-state index < -0.39 is 12.2 Å². The van der Waals surface area contributed by atoms with E-state index in [0.717, 1.165) is 0 Å². The highest BCUT2D eigenvalue weighted by molar-refractivity contribution is 7.80. The van der Waals surface area contributed by atoms with Gasteiger partial charge in [-0.25, -0.2) is 0 Å². The van der Waals surface area contributed by atoms with Crippen molar-refractivity contribution in [1.29, 1.82) is 0 Å². The fourth-order valence-corrected chi connectivity index (χ4v) is 1.26. The molecule has 0 radical (unpaired) electrons. The highest BCUT2D eigenvalue weighted by Gasteiger charge is 2.18. The molecular weight excluding hydrogens is 202 g/mol. The number of rotatable bonds is 4. The standard InChI is InChI=1S/C8H13N3O2S/c9-7-2-1-5(10-11-7)8(13)6(12)3-4-14/h1-2,6,8,12-14H,3-4H2,(H2,9,11). The lowest BCUT2D eigenvalue weighted by Crippen LogP contribution is -2.20. The van der Waals surface area contributed by atoms with Crippen molar-refractivity contribution in [3.8, 4) is 0 Å². The van der Waals surface area contributed by atoms with E-state index in [2.05, 4.69) is 22.8 Å². The highest BCUT2D eigenvalue weighted by atomic mass is 32.1. The van der Waals surface area contributed by atoms with Gasteiger partial charge in [0.05, 0.1) is 11.8 Å². The molecule has 0 fully saturated rings. The molecular formula is C8H13N3O2S. The lowest BCUT2D eigenvalue weighted by molar-refractivity contribution is 0.0142. The van der Waals surface area contributed by atoms with Crippen molar-refractivity contribution in [2.45, 2.75) is 18.6 Å². The number of hydrogen-bond acceptors (Lipinski definition) is 6. The van der Waals surface area contributed by atoms with Crippen molar-refractivity contribution < 1.29 is 10.2 Å². The van der Waals surface area contributed by atoms with Gasteiger partial charge in [0.25, 0.3) is 0 Å². The van der Waals surface area contributed by atoms with Crippen LogP contribution in [-0.2, 0) is 0 Å². The lowest BCUT2D eigenvalue weighted by atomic mass is 10.1. The zero-order chi connectivity index (χ0) is 10.6. The molecule has 0 aliphatic rings. The minimum absolute atomic E-state index is 0.282. The molecule has 0 saturated carbocycles. The van der Waals surface area contributed by atoms with Gasteiger partial charge < -0.3 is 15.9 Å². The van der Waals surface area contributed by atoms with E-state index in [9.17, 15) is 10.2 Å². The van der Waals surface area contributed by atoms with Crippen LogP contribution in [0.3, 0.4) is 0 Å². The van der Waals surface area contributed by atoms with Crippen LogP contribution >= 0.6 is 12.6 Å². The van der Waals surface area contributed by atoms with Crippen molar-refractivity contribution in [3.63, 3.8) is 0 Å². The zero-order valence-electron chi connectivity index (χ0n) is 7.54. The Morgan fingerprint density at radius 2 is 2.07 bits per heavy atom. The molecule has 5 nitrogen and oxygen atoms in total. The summed E-state index contributed by atoms with van der Waals surface area (Å²) in [4.78, 5) is 0. The summed E-state index contributed by atoms with van der Waals surface area (Å²) in [6.45, 7) is 0. The molecule has 0 aliphatic carbocycles. The SMILES string of the molecule is Nc1ccc(C(O)C(O)CCS)nn1. The Kier molecular flexibility index (Phi) is 4.12. The number of anilines is 1. The first-order valence-electron chi connectivity index (χ1n) is 4.21. The largest absolute Gasteiger partial charge is 0.390 e. The molecule has 2 unspecified atom stereocenters.